The molecule has 33 heavy (non-hydrogen) atoms. The summed E-state index contributed by atoms with van der Waals surface area (Å²) in [5, 5.41) is 0. The Labute approximate surface area is 212 Å². The Bertz CT molecular complexity index is 326. The normalized spacial score (nSPS) is 17.5. The highest BCUT2D eigenvalue weighted by molar-refractivity contribution is 4.80. The van der Waals surface area contributed by atoms with Gasteiger partial charge in [-0.2, -0.15) is 0 Å². The molecule has 0 bridgehead atoms. The van der Waals surface area contributed by atoms with Crippen LogP contribution in [-0.4, -0.2) is 28.7 Å². The van der Waals surface area contributed by atoms with Crippen LogP contribution in [0.15, 0.2) is 0 Å². The highest BCUT2D eigenvalue weighted by atomic mass is 15.4. The van der Waals surface area contributed by atoms with Crippen molar-refractivity contribution in [2.45, 2.75) is 208 Å². The van der Waals surface area contributed by atoms with Gasteiger partial charge in [0.15, 0.2) is 0 Å². The van der Waals surface area contributed by atoms with Crippen molar-refractivity contribution in [2.24, 2.45) is 0 Å². The summed E-state index contributed by atoms with van der Waals surface area (Å²) in [6.45, 7) is 19.5. The van der Waals surface area contributed by atoms with E-state index in [9.17, 15) is 0 Å². The van der Waals surface area contributed by atoms with Crippen molar-refractivity contribution < 1.29 is 4.48 Å². The molecule has 4 atom stereocenters. The fourth-order valence-electron chi connectivity index (χ4n) is 7.25. The summed E-state index contributed by atoms with van der Waals surface area (Å²) in [7, 11) is 0. The predicted octanol–water partition coefficient (Wildman–Crippen LogP) is 11.2. The Kier molecular flexibility index (Phi) is 21.2. The van der Waals surface area contributed by atoms with Crippen LogP contribution in [0.5, 0.6) is 0 Å². The number of hydrogen-bond acceptors (Lipinski definition) is 0. The topological polar surface area (TPSA) is 0 Å². The maximum atomic E-state index is 2.47. The van der Waals surface area contributed by atoms with Crippen molar-refractivity contribution in [3.8, 4) is 0 Å². The minimum Gasteiger partial charge on any atom is -0.314 e. The molecule has 0 aliphatic rings. The molecule has 0 aromatic heterocycles. The van der Waals surface area contributed by atoms with Gasteiger partial charge in [-0.15, -0.1) is 0 Å². The molecule has 0 saturated heterocycles. The van der Waals surface area contributed by atoms with Crippen molar-refractivity contribution in [3.63, 3.8) is 0 Å². The van der Waals surface area contributed by atoms with E-state index in [1.54, 1.807) is 0 Å². The molecule has 200 valence electrons. The molecule has 0 rings (SSSR count). The van der Waals surface area contributed by atoms with Crippen molar-refractivity contribution in [2.75, 3.05) is 0 Å². The Hall–Kier alpha value is -0.0400. The lowest BCUT2D eigenvalue weighted by Crippen LogP contribution is -2.71. The largest absolute Gasteiger partial charge is 0.314 e. The lowest BCUT2D eigenvalue weighted by atomic mass is 9.81. The maximum absolute atomic E-state index is 2.47. The molecule has 1 nitrogen and oxygen atoms in total. The SMILES string of the molecule is CCCCC(CCC)[N+](C(CCC)CCCC)(C(CCC)CCCC)C(CCC)CCCC. The Morgan fingerprint density at radius 1 is 0.303 bits per heavy atom. The predicted molar refractivity (Wildman–Crippen MR) is 153 cm³/mol. The molecule has 0 heterocycles. The maximum Gasteiger partial charge on any atom is 0.0896 e. The van der Waals surface area contributed by atoms with Crippen molar-refractivity contribution in [1.29, 1.82) is 0 Å². The summed E-state index contributed by atoms with van der Waals surface area (Å²) >= 11 is 0. The molecule has 0 saturated carbocycles. The van der Waals surface area contributed by atoms with Gasteiger partial charge >= 0.3 is 0 Å². The molecule has 4 unspecified atom stereocenters. The molecule has 0 aromatic rings. The van der Waals surface area contributed by atoms with Crippen LogP contribution in [0.4, 0.5) is 0 Å². The number of unbranched alkanes of at least 4 members (excludes halogenated alkanes) is 4. The zero-order valence-corrected chi connectivity index (χ0v) is 24.9. The van der Waals surface area contributed by atoms with Crippen molar-refractivity contribution >= 4 is 0 Å². The van der Waals surface area contributed by atoms with Gasteiger partial charge in [-0.3, -0.25) is 0 Å². The summed E-state index contributed by atoms with van der Waals surface area (Å²) in [5.74, 6) is 0. The molecule has 0 amide bonds. The van der Waals surface area contributed by atoms with Crippen LogP contribution in [0.25, 0.3) is 0 Å². The van der Waals surface area contributed by atoms with Crippen molar-refractivity contribution in [1.82, 2.24) is 0 Å². The average Bonchev–Trinajstić information content (AvgIpc) is 2.82. The van der Waals surface area contributed by atoms with Crippen LogP contribution >= 0.6 is 0 Å². The number of nitrogens with zero attached hydrogens (tertiary/aromatic N) is 1. The van der Waals surface area contributed by atoms with E-state index >= 15 is 0 Å². The summed E-state index contributed by atoms with van der Waals surface area (Å²) in [6, 6.07) is 3.52. The van der Waals surface area contributed by atoms with Gasteiger partial charge < -0.3 is 4.48 Å². The molecule has 0 aliphatic carbocycles. The molecule has 1 heteroatoms. The van der Waals surface area contributed by atoms with Crippen LogP contribution in [0.3, 0.4) is 0 Å². The molecular formula is C32H68N+. The highest BCUT2D eigenvalue weighted by Gasteiger charge is 2.51. The van der Waals surface area contributed by atoms with Gasteiger partial charge in [0.25, 0.3) is 0 Å². The second kappa shape index (κ2) is 21.3. The van der Waals surface area contributed by atoms with E-state index in [1.807, 2.05) is 0 Å². The zero-order valence-electron chi connectivity index (χ0n) is 24.9. The third-order valence-electron chi connectivity index (χ3n) is 8.58. The Morgan fingerprint density at radius 3 is 0.667 bits per heavy atom. The second-order valence-electron chi connectivity index (χ2n) is 11.2. The molecule has 0 N–H and O–H groups in total. The van der Waals surface area contributed by atoms with Crippen LogP contribution < -0.4 is 0 Å². The van der Waals surface area contributed by atoms with E-state index < -0.39 is 0 Å². The van der Waals surface area contributed by atoms with Crippen LogP contribution in [0.2, 0.25) is 0 Å². The standard InChI is InChI=1S/C32H68N/c1-9-17-25-29(21-13-5)33(30(22-14-6)26-18-10-2,31(23-15-7)27-19-11-3)32(24-16-8)28-20-12-4/h29-32H,9-28H2,1-8H3/q+1. The van der Waals surface area contributed by atoms with E-state index in [2.05, 4.69) is 55.4 Å². The molecule has 0 radical (unpaired) electrons. The van der Waals surface area contributed by atoms with Crippen molar-refractivity contribution in [3.05, 3.63) is 0 Å². The minimum absolute atomic E-state index is 0.880. The molecule has 0 aromatic carbocycles. The lowest BCUT2D eigenvalue weighted by Gasteiger charge is -2.60. The number of hydrogen-bond donors (Lipinski definition) is 0. The second-order valence-corrected chi connectivity index (χ2v) is 11.2. The monoisotopic (exact) mass is 467 g/mol. The van der Waals surface area contributed by atoms with Gasteiger partial charge in [0.05, 0.1) is 24.2 Å². The van der Waals surface area contributed by atoms with E-state index in [0.717, 1.165) is 24.2 Å². The first kappa shape index (κ1) is 33.0. The summed E-state index contributed by atoms with van der Waals surface area (Å²) in [5.41, 5.74) is 0. The molecular weight excluding hydrogens is 398 g/mol. The van der Waals surface area contributed by atoms with Gasteiger partial charge in [0.2, 0.25) is 0 Å². The molecule has 0 fully saturated rings. The Balaban J connectivity index is 6.98. The van der Waals surface area contributed by atoms with E-state index in [1.165, 1.54) is 133 Å². The highest BCUT2D eigenvalue weighted by Crippen LogP contribution is 2.43. The van der Waals surface area contributed by atoms with E-state index in [0.29, 0.717) is 0 Å². The smallest absolute Gasteiger partial charge is 0.0896 e. The number of rotatable bonds is 24. The van der Waals surface area contributed by atoms with Crippen LogP contribution in [0.1, 0.15) is 184 Å². The summed E-state index contributed by atoms with van der Waals surface area (Å²) < 4.78 is 1.53. The van der Waals surface area contributed by atoms with E-state index in [4.69, 9.17) is 0 Å². The van der Waals surface area contributed by atoms with E-state index in [-0.39, 0.29) is 0 Å². The first-order chi connectivity index (χ1) is 16.1. The van der Waals surface area contributed by atoms with Gasteiger partial charge in [0.1, 0.15) is 0 Å². The first-order valence-corrected chi connectivity index (χ1v) is 16.0. The van der Waals surface area contributed by atoms with Gasteiger partial charge in [-0.25, -0.2) is 0 Å². The van der Waals surface area contributed by atoms with Gasteiger partial charge in [0, 0.05) is 0 Å². The average molecular weight is 467 g/mol. The third kappa shape index (κ3) is 10.6. The molecule has 0 spiro atoms. The lowest BCUT2D eigenvalue weighted by molar-refractivity contribution is -1.02. The Morgan fingerprint density at radius 2 is 0.515 bits per heavy atom. The fourth-order valence-corrected chi connectivity index (χ4v) is 7.25. The van der Waals surface area contributed by atoms with Crippen LogP contribution in [0, 0.1) is 0 Å². The van der Waals surface area contributed by atoms with Crippen LogP contribution in [-0.2, 0) is 0 Å². The zero-order chi connectivity index (χ0) is 25.0. The molecule has 0 aliphatic heterocycles. The fraction of sp³-hybridized carbons (Fsp3) is 1.00. The minimum atomic E-state index is 0.880. The first-order valence-electron chi connectivity index (χ1n) is 16.0. The summed E-state index contributed by atoms with van der Waals surface area (Å²) in [4.78, 5) is 0. The number of quaternary nitrogens is 1. The van der Waals surface area contributed by atoms with Gasteiger partial charge in [-0.05, 0) is 77.0 Å². The quantitative estimate of drug-likeness (QED) is 0.124. The summed E-state index contributed by atoms with van der Waals surface area (Å²) in [6.07, 6.45) is 28.2. The third-order valence-corrected chi connectivity index (χ3v) is 8.58. The van der Waals surface area contributed by atoms with Gasteiger partial charge in [-0.1, -0.05) is 107 Å².